The number of carbonyl (C=O) groups excluding carboxylic acids is 1. The standard InChI is InChI=1S/C13H24N2O/c1-13(2)8-9-14-10-12(16)15(13)11-6-4-3-5-7-11/h11,14H,3-10H2,1-2H3. The van der Waals surface area contributed by atoms with E-state index in [4.69, 9.17) is 0 Å². The number of nitrogens with one attached hydrogen (secondary N) is 1. The lowest BCUT2D eigenvalue weighted by Crippen LogP contribution is -2.53. The molecule has 1 N–H and O–H groups in total. The number of hydrogen-bond acceptors (Lipinski definition) is 2. The summed E-state index contributed by atoms with van der Waals surface area (Å²) >= 11 is 0. The van der Waals surface area contributed by atoms with Crippen molar-refractivity contribution < 1.29 is 4.79 Å². The van der Waals surface area contributed by atoms with E-state index in [9.17, 15) is 4.79 Å². The number of nitrogens with zero attached hydrogens (tertiary/aromatic N) is 1. The highest BCUT2D eigenvalue weighted by Gasteiger charge is 2.37. The van der Waals surface area contributed by atoms with Crippen molar-refractivity contribution in [3.63, 3.8) is 0 Å². The molecule has 3 nitrogen and oxygen atoms in total. The molecule has 2 fully saturated rings. The fourth-order valence-corrected chi connectivity index (χ4v) is 3.17. The second-order valence-corrected chi connectivity index (χ2v) is 5.79. The Morgan fingerprint density at radius 2 is 1.94 bits per heavy atom. The van der Waals surface area contributed by atoms with Crippen LogP contribution in [0.4, 0.5) is 0 Å². The second-order valence-electron chi connectivity index (χ2n) is 5.79. The van der Waals surface area contributed by atoms with Crippen molar-refractivity contribution in [2.75, 3.05) is 13.1 Å². The van der Waals surface area contributed by atoms with Crippen LogP contribution >= 0.6 is 0 Å². The molecule has 0 aromatic heterocycles. The monoisotopic (exact) mass is 224 g/mol. The lowest BCUT2D eigenvalue weighted by molar-refractivity contribution is -0.138. The minimum Gasteiger partial charge on any atom is -0.333 e. The van der Waals surface area contributed by atoms with Crippen LogP contribution in [0.25, 0.3) is 0 Å². The number of amides is 1. The zero-order valence-electron chi connectivity index (χ0n) is 10.6. The summed E-state index contributed by atoms with van der Waals surface area (Å²) in [6.45, 7) is 5.92. The average Bonchev–Trinajstić information content (AvgIpc) is 2.38. The Morgan fingerprint density at radius 3 is 2.62 bits per heavy atom. The topological polar surface area (TPSA) is 32.3 Å². The SMILES string of the molecule is CC1(C)CCNCC(=O)N1C1CCCCC1. The molecule has 2 aliphatic rings. The lowest BCUT2D eigenvalue weighted by Gasteiger charge is -2.44. The van der Waals surface area contributed by atoms with E-state index in [2.05, 4.69) is 24.1 Å². The summed E-state index contributed by atoms with van der Waals surface area (Å²) < 4.78 is 0. The van der Waals surface area contributed by atoms with Gasteiger partial charge in [0.25, 0.3) is 0 Å². The maximum Gasteiger partial charge on any atom is 0.237 e. The van der Waals surface area contributed by atoms with Crippen LogP contribution in [0.2, 0.25) is 0 Å². The van der Waals surface area contributed by atoms with Gasteiger partial charge in [0.2, 0.25) is 5.91 Å². The Morgan fingerprint density at radius 1 is 1.25 bits per heavy atom. The van der Waals surface area contributed by atoms with Gasteiger partial charge in [-0.3, -0.25) is 4.79 Å². The molecule has 1 saturated carbocycles. The maximum atomic E-state index is 12.2. The lowest BCUT2D eigenvalue weighted by atomic mass is 9.89. The molecule has 1 aliphatic carbocycles. The third kappa shape index (κ3) is 2.40. The molecule has 0 spiro atoms. The van der Waals surface area contributed by atoms with Crippen LogP contribution in [0.15, 0.2) is 0 Å². The molecule has 92 valence electrons. The molecule has 0 atom stereocenters. The minimum absolute atomic E-state index is 0.0303. The molecule has 3 heteroatoms. The summed E-state index contributed by atoms with van der Waals surface area (Å²) in [5.74, 6) is 0.300. The fraction of sp³-hybridized carbons (Fsp3) is 0.923. The first-order valence-electron chi connectivity index (χ1n) is 6.64. The highest BCUT2D eigenvalue weighted by molar-refractivity contribution is 5.79. The normalized spacial score (nSPS) is 27.9. The average molecular weight is 224 g/mol. The van der Waals surface area contributed by atoms with Crippen LogP contribution in [0.1, 0.15) is 52.4 Å². The van der Waals surface area contributed by atoms with Crippen LogP contribution in [-0.4, -0.2) is 35.5 Å². The van der Waals surface area contributed by atoms with Gasteiger partial charge in [-0.25, -0.2) is 0 Å². The summed E-state index contributed by atoms with van der Waals surface area (Å²) in [6, 6.07) is 0.496. The molecule has 0 unspecified atom stereocenters. The first-order chi connectivity index (χ1) is 7.61. The highest BCUT2D eigenvalue weighted by atomic mass is 16.2. The van der Waals surface area contributed by atoms with Crippen molar-refractivity contribution in [3.8, 4) is 0 Å². The van der Waals surface area contributed by atoms with Crippen LogP contribution in [-0.2, 0) is 4.79 Å². The van der Waals surface area contributed by atoms with Gasteiger partial charge in [-0.2, -0.15) is 0 Å². The molecule has 2 rings (SSSR count). The summed E-state index contributed by atoms with van der Waals surface area (Å²) in [5.41, 5.74) is 0.0303. The molecular weight excluding hydrogens is 200 g/mol. The highest BCUT2D eigenvalue weighted by Crippen LogP contribution is 2.30. The molecule has 0 bridgehead atoms. The second kappa shape index (κ2) is 4.74. The molecule has 0 aromatic carbocycles. The number of rotatable bonds is 1. The number of carbonyl (C=O) groups is 1. The molecule has 1 amide bonds. The largest absolute Gasteiger partial charge is 0.333 e. The van der Waals surface area contributed by atoms with Crippen molar-refractivity contribution in [1.29, 1.82) is 0 Å². The van der Waals surface area contributed by atoms with Gasteiger partial charge in [-0.05, 0) is 39.7 Å². The minimum atomic E-state index is 0.0303. The van der Waals surface area contributed by atoms with E-state index in [-0.39, 0.29) is 5.54 Å². The quantitative estimate of drug-likeness (QED) is 0.738. The van der Waals surface area contributed by atoms with Crippen molar-refractivity contribution in [2.45, 2.75) is 64.0 Å². The summed E-state index contributed by atoms with van der Waals surface area (Å²) in [7, 11) is 0. The third-order valence-electron chi connectivity index (χ3n) is 4.05. The zero-order chi connectivity index (χ0) is 11.6. The molecule has 0 radical (unpaired) electrons. The summed E-state index contributed by atoms with van der Waals surface area (Å²) in [5, 5.41) is 3.23. The Kier molecular flexibility index (Phi) is 3.53. The smallest absolute Gasteiger partial charge is 0.237 e. The predicted octanol–water partition coefficient (Wildman–Crippen LogP) is 1.92. The molecule has 1 saturated heterocycles. The van der Waals surface area contributed by atoms with Gasteiger partial charge in [0.15, 0.2) is 0 Å². The van der Waals surface area contributed by atoms with Gasteiger partial charge >= 0.3 is 0 Å². The first-order valence-corrected chi connectivity index (χ1v) is 6.64. The Bertz CT molecular complexity index is 257. The Balaban J connectivity index is 2.15. The van der Waals surface area contributed by atoms with E-state index in [1.807, 2.05) is 0 Å². The van der Waals surface area contributed by atoms with Crippen molar-refractivity contribution in [2.24, 2.45) is 0 Å². The molecule has 1 heterocycles. The Labute approximate surface area is 98.6 Å². The van der Waals surface area contributed by atoms with Crippen LogP contribution in [0.3, 0.4) is 0 Å². The predicted molar refractivity (Wildman–Crippen MR) is 65.3 cm³/mol. The van der Waals surface area contributed by atoms with Crippen LogP contribution < -0.4 is 5.32 Å². The Hall–Kier alpha value is -0.570. The van der Waals surface area contributed by atoms with Crippen molar-refractivity contribution in [3.05, 3.63) is 0 Å². The van der Waals surface area contributed by atoms with Crippen molar-refractivity contribution >= 4 is 5.91 Å². The van der Waals surface area contributed by atoms with Gasteiger partial charge in [-0.1, -0.05) is 19.3 Å². The van der Waals surface area contributed by atoms with E-state index in [1.54, 1.807) is 0 Å². The van der Waals surface area contributed by atoms with Gasteiger partial charge in [0.1, 0.15) is 0 Å². The number of hydrogen-bond donors (Lipinski definition) is 1. The van der Waals surface area contributed by atoms with Gasteiger partial charge < -0.3 is 10.2 Å². The van der Waals surface area contributed by atoms with Gasteiger partial charge in [0.05, 0.1) is 6.54 Å². The molecule has 16 heavy (non-hydrogen) atoms. The van der Waals surface area contributed by atoms with Gasteiger partial charge in [-0.15, -0.1) is 0 Å². The maximum absolute atomic E-state index is 12.2. The fourth-order valence-electron chi connectivity index (χ4n) is 3.17. The van der Waals surface area contributed by atoms with Gasteiger partial charge in [0, 0.05) is 11.6 Å². The van der Waals surface area contributed by atoms with E-state index < -0.39 is 0 Å². The van der Waals surface area contributed by atoms with Crippen molar-refractivity contribution in [1.82, 2.24) is 10.2 Å². The van der Waals surface area contributed by atoms with E-state index in [0.717, 1.165) is 13.0 Å². The molecule has 1 aliphatic heterocycles. The third-order valence-corrected chi connectivity index (χ3v) is 4.05. The summed E-state index contributed by atoms with van der Waals surface area (Å²) in [4.78, 5) is 14.4. The van der Waals surface area contributed by atoms with E-state index in [1.165, 1.54) is 32.1 Å². The molecular formula is C13H24N2O. The van der Waals surface area contributed by atoms with E-state index in [0.29, 0.717) is 18.5 Å². The summed E-state index contributed by atoms with van der Waals surface area (Å²) in [6.07, 6.45) is 7.40. The van der Waals surface area contributed by atoms with Crippen LogP contribution in [0, 0.1) is 0 Å². The first kappa shape index (κ1) is 11.9. The zero-order valence-corrected chi connectivity index (χ0v) is 10.6. The van der Waals surface area contributed by atoms with E-state index >= 15 is 0 Å². The molecule has 0 aromatic rings. The van der Waals surface area contributed by atoms with Crippen LogP contribution in [0.5, 0.6) is 0 Å².